The molecule has 0 fully saturated rings. The molecular weight excluding hydrogens is 367 g/mol. The summed E-state index contributed by atoms with van der Waals surface area (Å²) >= 11 is 3.43. The topological polar surface area (TPSA) is 15.6 Å². The van der Waals surface area contributed by atoms with Gasteiger partial charge < -0.3 is 0 Å². The van der Waals surface area contributed by atoms with Gasteiger partial charge in [0.15, 0.2) is 0 Å². The first-order valence-electron chi connectivity index (χ1n) is 7.85. The minimum Gasteiger partial charge on any atom is -0.261 e. The molecule has 1 aliphatic rings. The van der Waals surface area contributed by atoms with Crippen LogP contribution in [0.15, 0.2) is 52.6 Å². The van der Waals surface area contributed by atoms with Crippen molar-refractivity contribution in [3.63, 3.8) is 0 Å². The van der Waals surface area contributed by atoms with Crippen molar-refractivity contribution in [1.82, 2.24) is 5.01 Å². The predicted molar refractivity (Wildman–Crippen MR) is 101 cm³/mol. The van der Waals surface area contributed by atoms with Crippen LogP contribution in [0.5, 0.6) is 0 Å². The zero-order valence-corrected chi connectivity index (χ0v) is 15.7. The third-order valence-electron chi connectivity index (χ3n) is 4.17. The van der Waals surface area contributed by atoms with Gasteiger partial charge in [0, 0.05) is 15.6 Å². The first-order valence-corrected chi connectivity index (χ1v) is 8.64. The minimum absolute atomic E-state index is 0.112. The summed E-state index contributed by atoms with van der Waals surface area (Å²) < 4.78 is 15.7. The van der Waals surface area contributed by atoms with Crippen LogP contribution >= 0.6 is 15.9 Å². The maximum absolute atomic E-state index is 14.7. The highest BCUT2D eigenvalue weighted by atomic mass is 79.9. The fraction of sp³-hybridized carbons (Fsp3) is 0.250. The zero-order valence-electron chi connectivity index (χ0n) is 14.1. The van der Waals surface area contributed by atoms with Gasteiger partial charge in [-0.05, 0) is 40.8 Å². The van der Waals surface area contributed by atoms with Gasteiger partial charge in [0.1, 0.15) is 5.82 Å². The lowest BCUT2D eigenvalue weighted by Crippen LogP contribution is -2.22. The number of hydrogen-bond acceptors (Lipinski definition) is 2. The van der Waals surface area contributed by atoms with E-state index in [9.17, 15) is 4.39 Å². The van der Waals surface area contributed by atoms with E-state index in [0.717, 1.165) is 21.2 Å². The van der Waals surface area contributed by atoms with E-state index in [2.05, 4.69) is 48.4 Å². The second-order valence-corrected chi connectivity index (χ2v) is 7.96. The quantitative estimate of drug-likeness (QED) is 0.645. The monoisotopic (exact) mass is 386 g/mol. The Bertz CT molecular complexity index is 817. The first-order chi connectivity index (χ1) is 11.3. The van der Waals surface area contributed by atoms with Gasteiger partial charge in [0.25, 0.3) is 0 Å². The van der Waals surface area contributed by atoms with E-state index in [-0.39, 0.29) is 11.2 Å². The molecule has 2 aromatic rings. The van der Waals surface area contributed by atoms with Gasteiger partial charge in [0.2, 0.25) is 0 Å². The summed E-state index contributed by atoms with van der Waals surface area (Å²) in [5.74, 6) is -0.241. The predicted octanol–water partition coefficient (Wildman–Crippen LogP) is 5.71. The molecular formula is C20H20BrFN2. The number of hydrazone groups is 1. The molecule has 0 saturated heterocycles. The molecule has 2 aromatic carbocycles. The van der Waals surface area contributed by atoms with Crippen LogP contribution in [0.3, 0.4) is 0 Å². The molecule has 0 aliphatic carbocycles. The van der Waals surface area contributed by atoms with Gasteiger partial charge in [-0.25, -0.2) is 4.39 Å². The van der Waals surface area contributed by atoms with Crippen molar-refractivity contribution in [3.05, 3.63) is 75.5 Å². The van der Waals surface area contributed by atoms with Crippen molar-refractivity contribution in [3.8, 4) is 0 Å². The summed E-state index contributed by atoms with van der Waals surface area (Å²) in [6, 6.07) is 11.6. The Morgan fingerprint density at radius 1 is 1.17 bits per heavy atom. The first kappa shape index (κ1) is 16.9. The van der Waals surface area contributed by atoms with Crippen molar-refractivity contribution in [1.29, 1.82) is 0 Å². The van der Waals surface area contributed by atoms with Crippen molar-refractivity contribution < 1.29 is 4.39 Å². The van der Waals surface area contributed by atoms with Crippen molar-refractivity contribution in [2.24, 2.45) is 5.10 Å². The van der Waals surface area contributed by atoms with Crippen LogP contribution in [0.4, 0.5) is 4.39 Å². The molecule has 0 spiro atoms. The largest absolute Gasteiger partial charge is 0.261 e. The number of rotatable bonds is 2. The Morgan fingerprint density at radius 3 is 2.46 bits per heavy atom. The average Bonchev–Trinajstić information content (AvgIpc) is 2.51. The molecule has 0 atom stereocenters. The summed E-state index contributed by atoms with van der Waals surface area (Å²) in [7, 11) is 0. The van der Waals surface area contributed by atoms with E-state index < -0.39 is 0 Å². The van der Waals surface area contributed by atoms with Crippen LogP contribution in [-0.4, -0.2) is 11.2 Å². The lowest BCUT2D eigenvalue weighted by atomic mass is 9.84. The Hall–Kier alpha value is -1.94. The van der Waals surface area contributed by atoms with E-state index in [0.29, 0.717) is 17.8 Å². The van der Waals surface area contributed by atoms with Crippen LogP contribution in [-0.2, 0) is 12.0 Å². The lowest BCUT2D eigenvalue weighted by molar-refractivity contribution is 0.411. The number of hydrogen-bond donors (Lipinski definition) is 0. The van der Waals surface area contributed by atoms with E-state index in [1.807, 2.05) is 30.3 Å². The highest BCUT2D eigenvalue weighted by Gasteiger charge is 2.24. The van der Waals surface area contributed by atoms with Crippen LogP contribution in [0.2, 0.25) is 0 Å². The normalized spacial score (nSPS) is 14.0. The van der Waals surface area contributed by atoms with E-state index in [1.165, 1.54) is 0 Å². The Morgan fingerprint density at radius 2 is 1.83 bits per heavy atom. The Balaban J connectivity index is 1.93. The molecule has 0 amide bonds. The molecule has 1 aliphatic heterocycles. The van der Waals surface area contributed by atoms with Gasteiger partial charge in [-0.2, -0.15) is 5.10 Å². The van der Waals surface area contributed by atoms with Crippen molar-refractivity contribution >= 4 is 27.8 Å². The Labute approximate surface area is 150 Å². The molecule has 0 aromatic heterocycles. The molecule has 3 rings (SSSR count). The third-order valence-corrected chi connectivity index (χ3v) is 4.70. The second-order valence-electron chi connectivity index (χ2n) is 7.05. The molecule has 0 unspecified atom stereocenters. The highest BCUT2D eigenvalue weighted by Crippen LogP contribution is 2.33. The van der Waals surface area contributed by atoms with Gasteiger partial charge in [-0.15, -0.1) is 0 Å². The van der Waals surface area contributed by atoms with Gasteiger partial charge in [0.05, 0.1) is 18.5 Å². The van der Waals surface area contributed by atoms with Gasteiger partial charge in [-0.3, -0.25) is 5.01 Å². The maximum Gasteiger partial charge on any atom is 0.133 e. The summed E-state index contributed by atoms with van der Waals surface area (Å²) in [6.07, 6.45) is 1.72. The third kappa shape index (κ3) is 3.29. The molecule has 0 radical (unpaired) electrons. The van der Waals surface area contributed by atoms with Crippen LogP contribution in [0, 0.1) is 5.82 Å². The van der Waals surface area contributed by atoms with E-state index in [1.54, 1.807) is 17.3 Å². The molecule has 0 N–H and O–H groups in total. The molecule has 0 saturated carbocycles. The second kappa shape index (κ2) is 6.17. The molecule has 0 bridgehead atoms. The lowest BCUT2D eigenvalue weighted by Gasteiger charge is -2.28. The summed E-state index contributed by atoms with van der Waals surface area (Å²) in [5, 5.41) is 6.21. The summed E-state index contributed by atoms with van der Waals surface area (Å²) in [5.41, 5.74) is 3.85. The Kier molecular flexibility index (Phi) is 4.35. The highest BCUT2D eigenvalue weighted by molar-refractivity contribution is 9.10. The molecule has 4 heteroatoms. The SMILES string of the molecule is C=C1c2c(F)cc(C(C)(C)C)cc2C=NN1Cc1ccc(Br)cc1. The smallest absolute Gasteiger partial charge is 0.133 e. The van der Waals surface area contributed by atoms with Crippen molar-refractivity contribution in [2.75, 3.05) is 0 Å². The van der Waals surface area contributed by atoms with Crippen molar-refractivity contribution in [2.45, 2.75) is 32.7 Å². The van der Waals surface area contributed by atoms with E-state index >= 15 is 0 Å². The van der Waals surface area contributed by atoms with Gasteiger partial charge in [-0.1, -0.05) is 55.4 Å². The number of halogens is 2. The molecule has 1 heterocycles. The van der Waals surface area contributed by atoms with Crippen LogP contribution < -0.4 is 0 Å². The van der Waals surface area contributed by atoms with Crippen LogP contribution in [0.1, 0.15) is 43.0 Å². The minimum atomic E-state index is -0.241. The molecule has 24 heavy (non-hydrogen) atoms. The molecule has 124 valence electrons. The fourth-order valence-electron chi connectivity index (χ4n) is 2.70. The fourth-order valence-corrected chi connectivity index (χ4v) is 2.96. The van der Waals surface area contributed by atoms with Gasteiger partial charge >= 0.3 is 0 Å². The van der Waals surface area contributed by atoms with E-state index in [4.69, 9.17) is 0 Å². The standard InChI is InChI=1S/C20H20BrFN2/c1-13-19-15(9-16(10-18(19)22)20(2,3)4)11-23-24(13)12-14-5-7-17(21)8-6-14/h5-11H,1,12H2,2-4H3. The zero-order chi connectivity index (χ0) is 17.5. The summed E-state index contributed by atoms with van der Waals surface area (Å²) in [6.45, 7) is 10.8. The number of benzene rings is 2. The number of nitrogens with zero attached hydrogens (tertiary/aromatic N) is 2. The number of fused-ring (bicyclic) bond motifs is 1. The maximum atomic E-state index is 14.7. The molecule has 2 nitrogen and oxygen atoms in total. The summed E-state index contributed by atoms with van der Waals surface area (Å²) in [4.78, 5) is 0. The van der Waals surface area contributed by atoms with Crippen LogP contribution in [0.25, 0.3) is 5.70 Å². The average molecular weight is 387 g/mol.